The maximum atomic E-state index is 13.6. The molecule has 4 heteroatoms. The van der Waals surface area contributed by atoms with Crippen molar-refractivity contribution in [3.05, 3.63) is 108 Å². The first-order chi connectivity index (χ1) is 15.5. The second kappa shape index (κ2) is 8.03. The Morgan fingerprint density at radius 3 is 1.94 bits per heavy atom. The fraction of sp³-hybridized carbons (Fsp3) is 0.214. The van der Waals surface area contributed by atoms with Crippen LogP contribution in [-0.4, -0.2) is 19.9 Å². The van der Waals surface area contributed by atoms with Gasteiger partial charge < -0.3 is 0 Å². The molecule has 32 heavy (non-hydrogen) atoms. The van der Waals surface area contributed by atoms with Gasteiger partial charge in [-0.3, -0.25) is 14.5 Å². The van der Waals surface area contributed by atoms with Crippen molar-refractivity contribution < 1.29 is 9.59 Å². The molecule has 0 unspecified atom stereocenters. The lowest BCUT2D eigenvalue weighted by Gasteiger charge is -2.36. The van der Waals surface area contributed by atoms with Crippen molar-refractivity contribution in [1.82, 2.24) is 0 Å². The zero-order valence-electron chi connectivity index (χ0n) is 18.4. The van der Waals surface area contributed by atoms with Gasteiger partial charge in [-0.25, -0.2) is 0 Å². The van der Waals surface area contributed by atoms with Crippen LogP contribution in [0.1, 0.15) is 17.9 Å². The van der Waals surface area contributed by atoms with Gasteiger partial charge in [0.2, 0.25) is 11.8 Å². The van der Waals surface area contributed by atoms with Crippen LogP contribution in [-0.2, 0) is 9.59 Å². The van der Waals surface area contributed by atoms with Gasteiger partial charge in [-0.1, -0.05) is 108 Å². The maximum Gasteiger partial charge on any atom is 0.238 e. The highest BCUT2D eigenvalue weighted by Crippen LogP contribution is 2.48. The number of hydrogen-bond acceptors (Lipinski definition) is 2. The summed E-state index contributed by atoms with van der Waals surface area (Å²) in [6.45, 7) is 4.71. The van der Waals surface area contributed by atoms with Crippen molar-refractivity contribution in [2.45, 2.75) is 25.4 Å². The van der Waals surface area contributed by atoms with Gasteiger partial charge >= 0.3 is 0 Å². The first-order valence-electron chi connectivity index (χ1n) is 11.2. The zero-order chi connectivity index (χ0) is 22.3. The molecule has 0 radical (unpaired) electrons. The number of carbonyl (C=O) groups is 2. The Bertz CT molecular complexity index is 1170. The van der Waals surface area contributed by atoms with Crippen LogP contribution >= 0.6 is 0 Å². The van der Waals surface area contributed by atoms with Crippen LogP contribution in [0.25, 0.3) is 0 Å². The number of hydrogen-bond donors (Lipinski definition) is 0. The highest BCUT2D eigenvalue weighted by atomic mass is 28.3. The van der Waals surface area contributed by atoms with E-state index in [0.29, 0.717) is 12.1 Å². The summed E-state index contributed by atoms with van der Waals surface area (Å²) in [6, 6.07) is 30.2. The van der Waals surface area contributed by atoms with Crippen LogP contribution < -0.4 is 10.1 Å². The van der Waals surface area contributed by atoms with E-state index < -0.39 is 8.07 Å². The van der Waals surface area contributed by atoms with Crippen LogP contribution in [0.15, 0.2) is 102 Å². The van der Waals surface area contributed by atoms with E-state index in [1.807, 2.05) is 54.6 Å². The van der Waals surface area contributed by atoms with Gasteiger partial charge in [-0.05, 0) is 24.1 Å². The third-order valence-electron chi connectivity index (χ3n) is 7.18. The number of amides is 2. The highest BCUT2D eigenvalue weighted by Gasteiger charge is 2.54. The lowest BCUT2D eigenvalue weighted by molar-refractivity contribution is -0.122. The fourth-order valence-corrected chi connectivity index (χ4v) is 8.03. The van der Waals surface area contributed by atoms with Crippen molar-refractivity contribution in [3.8, 4) is 0 Å². The molecule has 0 saturated carbocycles. The summed E-state index contributed by atoms with van der Waals surface area (Å²) in [6.07, 6.45) is 2.99. The van der Waals surface area contributed by atoms with Crippen molar-refractivity contribution in [2.75, 3.05) is 4.90 Å². The first-order valence-corrected chi connectivity index (χ1v) is 14.2. The van der Waals surface area contributed by atoms with E-state index in [1.54, 1.807) is 0 Å². The molecule has 160 valence electrons. The summed E-state index contributed by atoms with van der Waals surface area (Å²) in [5.74, 6) is -0.895. The second-order valence-corrected chi connectivity index (χ2v) is 13.8. The van der Waals surface area contributed by atoms with Crippen molar-refractivity contribution in [1.29, 1.82) is 0 Å². The predicted octanol–water partition coefficient (Wildman–Crippen LogP) is 5.06. The topological polar surface area (TPSA) is 37.4 Å². The Hall–Kier alpha value is -3.24. The second-order valence-electron chi connectivity index (χ2n) is 9.30. The van der Waals surface area contributed by atoms with Gasteiger partial charge in [0.15, 0.2) is 0 Å². The minimum atomic E-state index is -1.99. The largest absolute Gasteiger partial charge is 0.274 e. The molecule has 3 atom stereocenters. The summed E-state index contributed by atoms with van der Waals surface area (Å²) in [4.78, 5) is 28.7. The SMILES string of the molecule is C[Si](C)(C1=C[C@H](c2ccccc2)[C@@H]2C(=O)N(c3ccccc3)C(=O)[C@@H]2C1)c1ccccc1. The lowest BCUT2D eigenvalue weighted by atomic mass is 9.74. The number of carbonyl (C=O) groups excluding carboxylic acids is 2. The van der Waals surface area contributed by atoms with Crippen molar-refractivity contribution >= 4 is 30.8 Å². The maximum absolute atomic E-state index is 13.6. The number of allylic oxidation sites excluding steroid dienone is 2. The summed E-state index contributed by atoms with van der Waals surface area (Å²) >= 11 is 0. The summed E-state index contributed by atoms with van der Waals surface area (Å²) in [5.41, 5.74) is 1.78. The number of imide groups is 1. The third kappa shape index (κ3) is 3.35. The molecule has 0 aromatic heterocycles. The predicted molar refractivity (Wildman–Crippen MR) is 131 cm³/mol. The molecule has 3 aromatic rings. The van der Waals surface area contributed by atoms with Gasteiger partial charge in [-0.15, -0.1) is 0 Å². The standard InChI is InChI=1S/C28H27NO2Si/c1-32(2,22-16-10-5-11-17-22)23-18-24(20-12-6-3-7-13-20)26-25(19-23)27(30)29(28(26)31)21-14-8-4-9-15-21/h3-18,24-26H,19H2,1-2H3/t24-,25-,26+/m1/s1. The summed E-state index contributed by atoms with van der Waals surface area (Å²) in [5, 5.41) is 2.71. The van der Waals surface area contributed by atoms with Gasteiger partial charge in [-0.2, -0.15) is 0 Å². The van der Waals surface area contributed by atoms with E-state index in [9.17, 15) is 9.59 Å². The molecule has 3 nitrogen and oxygen atoms in total. The quantitative estimate of drug-likeness (QED) is 0.423. The van der Waals surface area contributed by atoms with Crippen LogP contribution in [0.3, 0.4) is 0 Å². The van der Waals surface area contributed by atoms with Crippen LogP contribution in [0.4, 0.5) is 5.69 Å². The molecule has 0 spiro atoms. The van der Waals surface area contributed by atoms with Crippen LogP contribution in [0.2, 0.25) is 13.1 Å². The molecule has 1 aliphatic carbocycles. The normalized spacial score (nSPS) is 23.1. The van der Waals surface area contributed by atoms with Crippen LogP contribution in [0.5, 0.6) is 0 Å². The smallest absolute Gasteiger partial charge is 0.238 e. The average molecular weight is 438 g/mol. The summed E-state index contributed by atoms with van der Waals surface area (Å²) < 4.78 is 0. The highest BCUT2D eigenvalue weighted by molar-refractivity contribution is 6.95. The van der Waals surface area contributed by atoms with Gasteiger partial charge in [0.1, 0.15) is 8.07 Å². The fourth-order valence-electron chi connectivity index (χ4n) is 5.31. The molecule has 0 bridgehead atoms. The number of anilines is 1. The van der Waals surface area contributed by atoms with Crippen molar-refractivity contribution in [3.63, 3.8) is 0 Å². The van der Waals surface area contributed by atoms with Gasteiger partial charge in [0, 0.05) is 5.92 Å². The van der Waals surface area contributed by atoms with Gasteiger partial charge in [0.05, 0.1) is 17.5 Å². The Kier molecular flexibility index (Phi) is 5.18. The number of fused-ring (bicyclic) bond motifs is 1. The average Bonchev–Trinajstić information content (AvgIpc) is 3.10. The molecule has 1 heterocycles. The monoisotopic (exact) mass is 437 g/mol. The number of para-hydroxylation sites is 1. The Morgan fingerprint density at radius 2 is 1.31 bits per heavy atom. The van der Waals surface area contributed by atoms with Gasteiger partial charge in [0.25, 0.3) is 0 Å². The van der Waals surface area contributed by atoms with E-state index in [4.69, 9.17) is 0 Å². The summed E-state index contributed by atoms with van der Waals surface area (Å²) in [7, 11) is -1.99. The first kappa shape index (κ1) is 20.6. The lowest BCUT2D eigenvalue weighted by Crippen LogP contribution is -2.46. The molecular weight excluding hydrogens is 410 g/mol. The zero-order valence-corrected chi connectivity index (χ0v) is 19.4. The van der Waals surface area contributed by atoms with Crippen molar-refractivity contribution in [2.24, 2.45) is 11.8 Å². The van der Waals surface area contributed by atoms with E-state index in [2.05, 4.69) is 55.6 Å². The molecule has 3 aromatic carbocycles. The Balaban J connectivity index is 1.61. The van der Waals surface area contributed by atoms with E-state index >= 15 is 0 Å². The Labute approximate surface area is 190 Å². The third-order valence-corrected chi connectivity index (χ3v) is 10.9. The number of nitrogens with zero attached hydrogens (tertiary/aromatic N) is 1. The minimum absolute atomic E-state index is 0.0596. The molecule has 5 rings (SSSR count). The van der Waals surface area contributed by atoms with Crippen LogP contribution in [0, 0.1) is 11.8 Å². The Morgan fingerprint density at radius 1 is 0.750 bits per heavy atom. The van der Waals surface area contributed by atoms with E-state index in [0.717, 1.165) is 5.56 Å². The van der Waals surface area contributed by atoms with E-state index in [-0.39, 0.29) is 29.6 Å². The number of rotatable bonds is 4. The molecule has 1 saturated heterocycles. The molecule has 0 N–H and O–H groups in total. The molecule has 1 fully saturated rings. The molecule has 2 amide bonds. The molecular formula is C28H27NO2Si. The molecule has 1 aliphatic heterocycles. The number of benzene rings is 3. The van der Waals surface area contributed by atoms with E-state index in [1.165, 1.54) is 15.3 Å². The minimum Gasteiger partial charge on any atom is -0.274 e. The molecule has 2 aliphatic rings.